The van der Waals surface area contributed by atoms with Crippen molar-refractivity contribution in [2.45, 2.75) is 39.2 Å². The number of piperidine rings is 1. The average molecular weight is 627 g/mol. The number of para-hydroxylation sites is 1. The van der Waals surface area contributed by atoms with Gasteiger partial charge in [-0.15, -0.1) is 0 Å². The van der Waals surface area contributed by atoms with Crippen LogP contribution in [-0.4, -0.2) is 105 Å². The Labute approximate surface area is 264 Å². The van der Waals surface area contributed by atoms with E-state index in [1.807, 2.05) is 36.1 Å². The summed E-state index contributed by atoms with van der Waals surface area (Å²) in [5.74, 6) is 1.86. The van der Waals surface area contributed by atoms with Crippen LogP contribution in [0.5, 0.6) is 11.5 Å². The maximum atomic E-state index is 13.4. The highest BCUT2D eigenvalue weighted by molar-refractivity contribution is 6.31. The van der Waals surface area contributed by atoms with Gasteiger partial charge in [0.25, 0.3) is 5.91 Å². The Balaban J connectivity index is 1.15. The van der Waals surface area contributed by atoms with E-state index >= 15 is 0 Å². The molecule has 2 aromatic carbocycles. The first-order chi connectivity index (χ1) is 21.2. The molecule has 44 heavy (non-hydrogen) atoms. The zero-order valence-corrected chi connectivity index (χ0v) is 26.8. The van der Waals surface area contributed by atoms with Crippen LogP contribution in [0.2, 0.25) is 5.02 Å². The molecule has 11 heteroatoms. The lowest BCUT2D eigenvalue weighted by Gasteiger charge is -2.32. The topological polar surface area (TPSA) is 91.9 Å². The molecule has 2 atom stereocenters. The molecule has 5 rings (SSSR count). The van der Waals surface area contributed by atoms with E-state index in [1.165, 1.54) is 0 Å². The molecular formula is C33H43ClN4O6. The van der Waals surface area contributed by atoms with Gasteiger partial charge in [0, 0.05) is 76.3 Å². The fraction of sp³-hybridized carbons (Fsp3) is 0.545. The van der Waals surface area contributed by atoms with Crippen molar-refractivity contribution in [3.8, 4) is 11.5 Å². The number of ether oxygens (including phenoxy) is 3. The molecule has 0 bridgehead atoms. The molecule has 3 fully saturated rings. The number of fused-ring (bicyclic) bond motifs is 1. The standard InChI is InChI=1S/C33H43ClN4O6/c1-22-9-10-26(17-29(22)34)38(33(41)44-27-11-15-36(16-12-27)23(2)39)14-6-13-35-18-24-20-37(21-25(24)19-35)32(40)28-7-5-8-30(42-3)31(28)43-4/h5,7-10,17,24-25,27H,6,11-16,18-21H2,1-4H3. The third-order valence-electron chi connectivity index (χ3n) is 9.18. The highest BCUT2D eigenvalue weighted by Crippen LogP contribution is 2.36. The molecule has 3 amide bonds. The smallest absolute Gasteiger partial charge is 0.414 e. The molecule has 3 saturated heterocycles. The van der Waals surface area contributed by atoms with E-state index in [9.17, 15) is 14.4 Å². The summed E-state index contributed by atoms with van der Waals surface area (Å²) in [7, 11) is 3.12. The zero-order chi connectivity index (χ0) is 31.4. The fourth-order valence-electron chi connectivity index (χ4n) is 6.69. The lowest BCUT2D eigenvalue weighted by molar-refractivity contribution is -0.130. The van der Waals surface area contributed by atoms with E-state index in [-0.39, 0.29) is 24.0 Å². The Hall–Kier alpha value is -3.50. The van der Waals surface area contributed by atoms with Gasteiger partial charge < -0.3 is 28.9 Å². The Morgan fingerprint density at radius 1 is 0.955 bits per heavy atom. The normalized spacial score (nSPS) is 20.4. The van der Waals surface area contributed by atoms with Crippen molar-refractivity contribution in [2.75, 3.05) is 71.5 Å². The summed E-state index contributed by atoms with van der Waals surface area (Å²) in [5, 5.41) is 0.605. The van der Waals surface area contributed by atoms with Crippen LogP contribution in [0.1, 0.15) is 42.1 Å². The van der Waals surface area contributed by atoms with Gasteiger partial charge in [-0.2, -0.15) is 0 Å². The second kappa shape index (κ2) is 14.1. The number of nitrogens with zero attached hydrogens (tertiary/aromatic N) is 4. The quantitative estimate of drug-likeness (QED) is 0.398. The SMILES string of the molecule is COc1cccc(C(=O)N2CC3CN(CCCN(C(=O)OC4CCN(C(C)=O)CC4)c4ccc(C)c(Cl)c4)CC3C2)c1OC. The van der Waals surface area contributed by atoms with E-state index in [2.05, 4.69) is 4.90 Å². The number of hydrogen-bond acceptors (Lipinski definition) is 7. The number of rotatable bonds is 9. The number of methoxy groups -OCH3 is 2. The molecule has 0 radical (unpaired) electrons. The number of aryl methyl sites for hydroxylation is 1. The van der Waals surface area contributed by atoms with Crippen molar-refractivity contribution in [2.24, 2.45) is 11.8 Å². The first-order valence-electron chi connectivity index (χ1n) is 15.4. The predicted octanol–water partition coefficient (Wildman–Crippen LogP) is 4.71. The van der Waals surface area contributed by atoms with Crippen molar-refractivity contribution in [1.82, 2.24) is 14.7 Å². The van der Waals surface area contributed by atoms with E-state index in [0.717, 1.165) is 31.6 Å². The minimum Gasteiger partial charge on any atom is -0.493 e. The Morgan fingerprint density at radius 3 is 2.27 bits per heavy atom. The molecule has 2 aromatic rings. The van der Waals surface area contributed by atoms with E-state index in [1.54, 1.807) is 43.1 Å². The van der Waals surface area contributed by atoms with Gasteiger partial charge in [0.2, 0.25) is 5.91 Å². The van der Waals surface area contributed by atoms with Gasteiger partial charge in [0.1, 0.15) is 6.10 Å². The summed E-state index contributed by atoms with van der Waals surface area (Å²) >= 11 is 6.43. The first kappa shape index (κ1) is 31.9. The lowest BCUT2D eigenvalue weighted by Crippen LogP contribution is -2.43. The number of amides is 3. The number of carbonyl (C=O) groups is 3. The summed E-state index contributed by atoms with van der Waals surface area (Å²) in [5.41, 5.74) is 2.18. The van der Waals surface area contributed by atoms with Gasteiger partial charge in [-0.3, -0.25) is 14.5 Å². The summed E-state index contributed by atoms with van der Waals surface area (Å²) < 4.78 is 16.8. The second-order valence-corrected chi connectivity index (χ2v) is 12.5. The number of hydrogen-bond donors (Lipinski definition) is 0. The number of carbonyl (C=O) groups excluding carboxylic acids is 3. The monoisotopic (exact) mass is 626 g/mol. The van der Waals surface area contributed by atoms with E-state index in [4.69, 9.17) is 25.8 Å². The van der Waals surface area contributed by atoms with Crippen molar-refractivity contribution in [1.29, 1.82) is 0 Å². The van der Waals surface area contributed by atoms with Gasteiger partial charge in [0.15, 0.2) is 11.5 Å². The Bertz CT molecular complexity index is 1350. The predicted molar refractivity (Wildman–Crippen MR) is 169 cm³/mol. The number of likely N-dealkylation sites (tertiary alicyclic amines) is 3. The van der Waals surface area contributed by atoms with Gasteiger partial charge in [-0.1, -0.05) is 23.7 Å². The van der Waals surface area contributed by atoms with Crippen LogP contribution in [0.15, 0.2) is 36.4 Å². The molecule has 10 nitrogen and oxygen atoms in total. The summed E-state index contributed by atoms with van der Waals surface area (Å²) in [6.07, 6.45) is 1.43. The third kappa shape index (κ3) is 7.07. The number of benzene rings is 2. The van der Waals surface area contributed by atoms with Crippen LogP contribution in [0.25, 0.3) is 0 Å². The molecule has 2 unspecified atom stereocenters. The van der Waals surface area contributed by atoms with Crippen molar-refractivity contribution in [3.05, 3.63) is 52.5 Å². The van der Waals surface area contributed by atoms with Crippen LogP contribution >= 0.6 is 11.6 Å². The van der Waals surface area contributed by atoms with Gasteiger partial charge >= 0.3 is 6.09 Å². The maximum absolute atomic E-state index is 13.4. The van der Waals surface area contributed by atoms with Gasteiger partial charge in [-0.25, -0.2) is 4.79 Å². The van der Waals surface area contributed by atoms with E-state index in [0.29, 0.717) is 85.2 Å². The molecule has 0 aliphatic carbocycles. The number of anilines is 1. The molecule has 0 aromatic heterocycles. The minimum absolute atomic E-state index is 0.0282. The molecule has 238 valence electrons. The number of halogens is 1. The summed E-state index contributed by atoms with van der Waals surface area (Å²) in [4.78, 5) is 46.3. The van der Waals surface area contributed by atoms with Crippen LogP contribution in [0, 0.1) is 18.8 Å². The van der Waals surface area contributed by atoms with Crippen LogP contribution in [0.4, 0.5) is 10.5 Å². The average Bonchev–Trinajstić information content (AvgIpc) is 3.59. The molecule has 3 aliphatic heterocycles. The molecule has 3 aliphatic rings. The largest absolute Gasteiger partial charge is 0.493 e. The molecular weight excluding hydrogens is 584 g/mol. The summed E-state index contributed by atoms with van der Waals surface area (Å²) in [6.45, 7) is 9.28. The van der Waals surface area contributed by atoms with E-state index < -0.39 is 0 Å². The Kier molecular flexibility index (Phi) is 10.2. The molecule has 0 saturated carbocycles. The van der Waals surface area contributed by atoms with Crippen LogP contribution < -0.4 is 14.4 Å². The lowest BCUT2D eigenvalue weighted by atomic mass is 10.0. The zero-order valence-electron chi connectivity index (χ0n) is 26.1. The highest BCUT2D eigenvalue weighted by atomic mass is 35.5. The van der Waals surface area contributed by atoms with Crippen LogP contribution in [0.3, 0.4) is 0 Å². The summed E-state index contributed by atoms with van der Waals surface area (Å²) in [6, 6.07) is 11.0. The highest BCUT2D eigenvalue weighted by Gasteiger charge is 2.42. The Morgan fingerprint density at radius 2 is 1.66 bits per heavy atom. The first-order valence-corrected chi connectivity index (χ1v) is 15.8. The van der Waals surface area contributed by atoms with Crippen molar-refractivity contribution < 1.29 is 28.6 Å². The van der Waals surface area contributed by atoms with Crippen molar-refractivity contribution in [3.63, 3.8) is 0 Å². The molecule has 0 N–H and O–H groups in total. The molecule has 3 heterocycles. The van der Waals surface area contributed by atoms with Crippen LogP contribution in [-0.2, 0) is 9.53 Å². The third-order valence-corrected chi connectivity index (χ3v) is 9.59. The maximum Gasteiger partial charge on any atom is 0.414 e. The van der Waals surface area contributed by atoms with Crippen molar-refractivity contribution >= 4 is 35.2 Å². The van der Waals surface area contributed by atoms with Gasteiger partial charge in [0.05, 0.1) is 19.8 Å². The molecule has 0 spiro atoms. The minimum atomic E-state index is -0.383. The fourth-order valence-corrected chi connectivity index (χ4v) is 6.86. The second-order valence-electron chi connectivity index (χ2n) is 12.1. The van der Waals surface area contributed by atoms with Gasteiger partial charge in [-0.05, 0) is 61.6 Å².